The van der Waals surface area contributed by atoms with Crippen LogP contribution in [0, 0.1) is 6.92 Å². The molecule has 0 aliphatic rings. The minimum atomic E-state index is -4.60. The van der Waals surface area contributed by atoms with Gasteiger partial charge in [-0.3, -0.25) is 0 Å². The average Bonchev–Trinajstić information content (AvgIpc) is 0.799. The first-order valence-electron chi connectivity index (χ1n) is 38.0. The number of methoxy groups -OCH3 is 5. The summed E-state index contributed by atoms with van der Waals surface area (Å²) < 4.78 is 62.8. The number of hydrogen-bond acceptors (Lipinski definition) is 26. The molecule has 4 heterocycles. The number of phenols is 4. The van der Waals surface area contributed by atoms with Gasteiger partial charge in [-0.15, -0.1) is 0 Å². The van der Waals surface area contributed by atoms with Crippen molar-refractivity contribution in [3.63, 3.8) is 0 Å². The van der Waals surface area contributed by atoms with E-state index in [1.54, 1.807) is 158 Å². The zero-order chi connectivity index (χ0) is 89.0. The first-order valence-corrected chi connectivity index (χ1v) is 38.4. The van der Waals surface area contributed by atoms with E-state index in [9.17, 15) is 52.8 Å². The number of carbonyl (C=O) groups is 4. The van der Waals surface area contributed by atoms with Crippen molar-refractivity contribution in [2.24, 2.45) is 4.99 Å². The van der Waals surface area contributed by atoms with Crippen LogP contribution < -0.4 is 0 Å². The molecule has 0 aliphatic heterocycles. The first-order chi connectivity index (χ1) is 60.9. The maximum atomic E-state index is 13.0. The Labute approximate surface area is 722 Å². The molecule has 0 bridgehead atoms. The van der Waals surface area contributed by atoms with Crippen molar-refractivity contribution in [2.75, 3.05) is 35.5 Å². The van der Waals surface area contributed by atoms with Gasteiger partial charge in [0.25, 0.3) is 0 Å². The van der Waals surface area contributed by atoms with Crippen LogP contribution in [0.25, 0.3) is 137 Å². The zero-order valence-corrected chi connectivity index (χ0v) is 68.3. The third kappa shape index (κ3) is 21.5. The fourth-order valence-electron chi connectivity index (χ4n) is 12.2. The van der Waals surface area contributed by atoms with Crippen molar-refractivity contribution in [3.8, 4) is 160 Å². The molecule has 0 amide bonds. The zero-order valence-electron chi connectivity index (χ0n) is 67.6. The lowest BCUT2D eigenvalue weighted by atomic mass is 10.1. The summed E-state index contributed by atoms with van der Waals surface area (Å²) in [6, 6.07) is 81.8. The maximum absolute atomic E-state index is 13.0. The fraction of sp³-hybridized carbons (Fsp3) is 0.0729. The van der Waals surface area contributed by atoms with Crippen LogP contribution in [0.15, 0.2) is 296 Å². The topological polar surface area (TPSA) is 362 Å². The van der Waals surface area contributed by atoms with Crippen LogP contribution in [0.1, 0.15) is 52.6 Å². The van der Waals surface area contributed by atoms with Gasteiger partial charge in [0, 0.05) is 55.6 Å². The Morgan fingerprint density at radius 3 is 0.802 bits per heavy atom. The number of aromatic nitrogens is 12. The molecular weight excluding hydrogens is 1640 g/mol. The van der Waals surface area contributed by atoms with E-state index in [1.165, 1.54) is 54.1 Å². The highest BCUT2D eigenvalue weighted by Crippen LogP contribution is 2.40. The van der Waals surface area contributed by atoms with Crippen LogP contribution in [0.2, 0.25) is 5.02 Å². The Kier molecular flexibility index (Phi) is 27.7. The number of alkyl halides is 3. The van der Waals surface area contributed by atoms with E-state index in [0.29, 0.717) is 130 Å². The molecule has 4 aromatic heterocycles. The number of aromatic hydroxyl groups is 4. The molecule has 0 radical (unpaired) electrons. The number of ether oxygens (including phenoxy) is 5. The second kappa shape index (κ2) is 40.1. The monoisotopic (exact) mass is 1710 g/mol. The van der Waals surface area contributed by atoms with E-state index in [4.69, 9.17) is 35.3 Å². The van der Waals surface area contributed by atoms with E-state index >= 15 is 0 Å². The minimum absolute atomic E-state index is 0.00196. The highest BCUT2D eigenvalue weighted by molar-refractivity contribution is 6.30. The summed E-state index contributed by atoms with van der Waals surface area (Å²) in [4.78, 5) is 105. The molecule has 626 valence electrons. The lowest BCUT2D eigenvalue weighted by Crippen LogP contribution is -2.05. The summed E-state index contributed by atoms with van der Waals surface area (Å²) in [7, 11) is 6.77. The summed E-state index contributed by atoms with van der Waals surface area (Å²) in [6.45, 7) is 1.90. The van der Waals surface area contributed by atoms with Gasteiger partial charge in [0.05, 0.1) is 91.3 Å². The molecule has 0 aliphatic carbocycles. The quantitative estimate of drug-likeness (QED) is 0.0268. The Morgan fingerprint density at radius 1 is 0.302 bits per heavy atom. The summed E-state index contributed by atoms with van der Waals surface area (Å²) in [5, 5.41) is 42.1. The number of rotatable bonds is 18. The molecule has 12 aromatic carbocycles. The molecule has 0 spiro atoms. The molecule has 126 heavy (non-hydrogen) atoms. The van der Waals surface area contributed by atoms with Gasteiger partial charge in [-0.05, 0) is 122 Å². The normalized spacial score (nSPS) is 10.8. The predicted octanol–water partition coefficient (Wildman–Crippen LogP) is 19.7. The van der Waals surface area contributed by atoms with E-state index in [2.05, 4.69) is 64.8 Å². The van der Waals surface area contributed by atoms with E-state index in [-0.39, 0.29) is 40.3 Å². The minimum Gasteiger partial charge on any atom is -0.507 e. The molecule has 16 aromatic rings. The van der Waals surface area contributed by atoms with Gasteiger partial charge in [-0.2, -0.15) is 13.2 Å². The first kappa shape index (κ1) is 87.1. The predicted molar refractivity (Wildman–Crippen MR) is 466 cm³/mol. The number of esters is 4. The van der Waals surface area contributed by atoms with E-state index < -0.39 is 41.4 Å². The molecule has 4 N–H and O–H groups in total. The molecule has 0 atom stereocenters. The van der Waals surface area contributed by atoms with Gasteiger partial charge in [0.15, 0.2) is 76.3 Å². The van der Waals surface area contributed by atoms with Crippen molar-refractivity contribution in [1.29, 1.82) is 0 Å². The molecule has 0 saturated carbocycles. The number of hydrogen-bond donors (Lipinski definition) is 4. The van der Waals surface area contributed by atoms with Crippen molar-refractivity contribution < 1.29 is 76.5 Å². The Balaban J connectivity index is 0.000000144. The molecular formula is C96H71ClF3N13O13. The molecule has 0 fully saturated rings. The number of aryl methyl sites for hydroxylation is 1. The molecule has 0 unspecified atom stereocenters. The lowest BCUT2D eigenvalue weighted by Gasteiger charge is -2.11. The number of benzene rings is 12. The van der Waals surface area contributed by atoms with Gasteiger partial charge in [0.1, 0.15) is 23.0 Å². The summed E-state index contributed by atoms with van der Waals surface area (Å²) >= 11 is 5.96. The van der Waals surface area contributed by atoms with Gasteiger partial charge in [0.2, 0.25) is 0 Å². The number of carbonyl (C=O) groups excluding carboxylic acids is 4. The highest BCUT2D eigenvalue weighted by Gasteiger charge is 2.32. The van der Waals surface area contributed by atoms with Crippen molar-refractivity contribution in [3.05, 3.63) is 330 Å². The second-order valence-corrected chi connectivity index (χ2v) is 27.5. The van der Waals surface area contributed by atoms with E-state index in [1.807, 2.05) is 110 Å². The molecule has 26 nitrogen and oxygen atoms in total. The van der Waals surface area contributed by atoms with Crippen LogP contribution in [0.3, 0.4) is 0 Å². The number of halogens is 4. The summed E-state index contributed by atoms with van der Waals surface area (Å²) in [5.74, 6) is 1.80. The fourth-order valence-corrected chi connectivity index (χ4v) is 12.4. The Bertz CT molecular complexity index is 6450. The van der Waals surface area contributed by atoms with Crippen LogP contribution >= 0.6 is 11.6 Å². The van der Waals surface area contributed by atoms with Crippen molar-refractivity contribution >= 4 is 47.6 Å². The third-order valence-corrected chi connectivity index (χ3v) is 18.9. The number of aliphatic imine (C=N–C) groups is 1. The van der Waals surface area contributed by atoms with Crippen LogP contribution in [0.5, 0.6) is 23.0 Å². The third-order valence-electron chi connectivity index (χ3n) is 18.6. The molecule has 0 saturated heterocycles. The van der Waals surface area contributed by atoms with Gasteiger partial charge >= 0.3 is 30.1 Å². The number of nitrogens with zero attached hydrogens (tertiary/aromatic N) is 13. The van der Waals surface area contributed by atoms with Crippen molar-refractivity contribution in [1.82, 2.24) is 59.8 Å². The highest BCUT2D eigenvalue weighted by atomic mass is 35.5. The Morgan fingerprint density at radius 2 is 0.548 bits per heavy atom. The van der Waals surface area contributed by atoms with Crippen LogP contribution in [-0.2, 0) is 29.9 Å². The second-order valence-electron chi connectivity index (χ2n) is 27.0. The van der Waals surface area contributed by atoms with Crippen molar-refractivity contribution in [2.45, 2.75) is 13.1 Å². The maximum Gasteiger partial charge on any atom is 0.416 e. The summed E-state index contributed by atoms with van der Waals surface area (Å²) in [5.41, 5.74) is 9.23. The average molecular weight is 1710 g/mol. The largest absolute Gasteiger partial charge is 0.507 e. The lowest BCUT2D eigenvalue weighted by molar-refractivity contribution is -0.137. The standard InChI is InChI=1S/C25H20N4O4.C24H16F3N3O3.C24H19N3O3.C23H16ClN3O3/c1-32-15-26-19-12-13-20(21(30)14-19)24-28-22(16-6-4-3-5-7-16)27-23(29-24)17-8-10-18(11-9-17)25(31)33-2;1-33-23(32)16-9-7-15(8-10-16)21-28-20(14-5-3-2-4-6-14)29-22(30-21)18-12-11-17(13-19(18)31)24(25,26)27;1-15-8-13-19(20(28)14-15)23-26-21(16-6-4-3-5-7-16)25-22(27-23)17-9-11-18(12-10-17)24(29)30-2;1-30-23(29)16-9-7-15(8-10-16)21-25-20(14-5-3-2-4-6-14)26-22(27-21)18-12-11-17(24)13-19(18)28/h3-15,30H,1-2H3;2-13,31H,1H3;3-14,28H,1-2H3;2-13,28H,1H3. The van der Waals surface area contributed by atoms with Crippen LogP contribution in [0.4, 0.5) is 18.9 Å². The molecule has 16 rings (SSSR count). The van der Waals surface area contributed by atoms with Crippen LogP contribution in [-0.4, -0.2) is 146 Å². The smallest absolute Gasteiger partial charge is 0.416 e. The van der Waals surface area contributed by atoms with Gasteiger partial charge in [-0.1, -0.05) is 188 Å². The SMILES string of the molecule is COC(=O)c1ccc(-c2nc(-c3ccccc3)nc(-c3ccc(C(F)(F)F)cc3O)n2)cc1.COC(=O)c1ccc(-c2nc(-c3ccccc3)nc(-c3ccc(C)cc3O)n2)cc1.COC(=O)c1ccc(-c2nc(-c3ccccc3)nc(-c3ccc(Cl)cc3O)n2)cc1.COC=Nc1ccc(-c2nc(-c3ccccc3)nc(-c3ccc(C(=O)OC)cc3)n2)c(O)c1. The Hall–Kier alpha value is -16.7. The number of phenolic OH excluding ortho intramolecular Hbond substituents is 4. The molecule has 30 heteroatoms. The van der Waals surface area contributed by atoms with Gasteiger partial charge in [-0.25, -0.2) is 84.0 Å². The van der Waals surface area contributed by atoms with E-state index in [0.717, 1.165) is 39.9 Å². The summed E-state index contributed by atoms with van der Waals surface area (Å²) in [6.07, 6.45) is -3.32. The van der Waals surface area contributed by atoms with Gasteiger partial charge < -0.3 is 44.1 Å².